The molecule has 0 radical (unpaired) electrons. The number of anilines is 2. The topological polar surface area (TPSA) is 97.5 Å². The first-order chi connectivity index (χ1) is 8.71. The quantitative estimate of drug-likeness (QED) is 0.767. The molecule has 0 unspecified atom stereocenters. The van der Waals surface area contributed by atoms with Crippen LogP contribution in [-0.2, 0) is 19.7 Å². The molecule has 2 rings (SSSR count). The Hall–Kier alpha value is -1.28. The summed E-state index contributed by atoms with van der Waals surface area (Å²) in [6, 6.07) is 4.78. The maximum absolute atomic E-state index is 11.6. The molecule has 1 saturated heterocycles. The van der Waals surface area contributed by atoms with Gasteiger partial charge in [-0.05, 0) is 12.1 Å². The molecule has 0 amide bonds. The van der Waals surface area contributed by atoms with Crippen LogP contribution in [0.15, 0.2) is 23.1 Å². The summed E-state index contributed by atoms with van der Waals surface area (Å²) in [4.78, 5) is 1.89. The summed E-state index contributed by atoms with van der Waals surface area (Å²) < 4.78 is 46.0. The first kappa shape index (κ1) is 14.1. The molecule has 0 bridgehead atoms. The number of nitrogens with two attached hydrogens (primary N) is 1. The van der Waals surface area contributed by atoms with Gasteiger partial charge in [-0.15, -0.1) is 0 Å². The lowest BCUT2D eigenvalue weighted by Gasteiger charge is -2.30. The molecular weight excluding hydrogens is 288 g/mol. The molecular formula is C11H16N2O4S2. The second-order valence-corrected chi connectivity index (χ2v) is 8.89. The van der Waals surface area contributed by atoms with Gasteiger partial charge in [-0.3, -0.25) is 0 Å². The number of benzene rings is 1. The molecule has 8 heteroatoms. The summed E-state index contributed by atoms with van der Waals surface area (Å²) in [6.45, 7) is 0.666. The van der Waals surface area contributed by atoms with E-state index in [9.17, 15) is 16.8 Å². The van der Waals surface area contributed by atoms with Crippen LogP contribution < -0.4 is 10.6 Å². The Labute approximate surface area is 113 Å². The van der Waals surface area contributed by atoms with Crippen molar-refractivity contribution < 1.29 is 16.8 Å². The first-order valence-corrected chi connectivity index (χ1v) is 9.46. The summed E-state index contributed by atoms with van der Waals surface area (Å²) >= 11 is 0. The predicted octanol–water partition coefficient (Wildman–Crippen LogP) is -0.0929. The fourth-order valence-electron chi connectivity index (χ4n) is 2.08. The molecule has 1 fully saturated rings. The zero-order valence-electron chi connectivity index (χ0n) is 10.5. The van der Waals surface area contributed by atoms with Crippen LogP contribution in [0.25, 0.3) is 0 Å². The van der Waals surface area contributed by atoms with E-state index < -0.39 is 19.7 Å². The number of hydrogen-bond donors (Lipinski definition) is 1. The second-order valence-electron chi connectivity index (χ2n) is 4.60. The van der Waals surface area contributed by atoms with Crippen molar-refractivity contribution in [1.29, 1.82) is 0 Å². The third-order valence-corrected chi connectivity index (χ3v) is 5.89. The van der Waals surface area contributed by atoms with Crippen LogP contribution >= 0.6 is 0 Å². The van der Waals surface area contributed by atoms with E-state index in [4.69, 9.17) is 5.73 Å². The van der Waals surface area contributed by atoms with Crippen molar-refractivity contribution in [3.8, 4) is 0 Å². The highest BCUT2D eigenvalue weighted by atomic mass is 32.2. The number of nitrogen functional groups attached to an aromatic ring is 1. The molecule has 1 aromatic rings. The standard InChI is InChI=1S/C11H16N2O4S2/c1-18(14,15)10-4-2-3-9(11(10)12)13-5-7-19(16,17)8-6-13/h2-4H,5-8,12H2,1H3. The van der Waals surface area contributed by atoms with E-state index in [1.54, 1.807) is 12.1 Å². The van der Waals surface area contributed by atoms with E-state index in [2.05, 4.69) is 0 Å². The molecule has 106 valence electrons. The van der Waals surface area contributed by atoms with Gasteiger partial charge in [0.05, 0.1) is 27.8 Å². The normalized spacial score (nSPS) is 19.3. The van der Waals surface area contributed by atoms with Crippen molar-refractivity contribution >= 4 is 31.0 Å². The van der Waals surface area contributed by atoms with Gasteiger partial charge >= 0.3 is 0 Å². The molecule has 1 heterocycles. The van der Waals surface area contributed by atoms with Crippen LogP contribution in [0.5, 0.6) is 0 Å². The molecule has 1 aliphatic rings. The molecule has 6 nitrogen and oxygen atoms in total. The van der Waals surface area contributed by atoms with Gasteiger partial charge in [-0.25, -0.2) is 16.8 Å². The highest BCUT2D eigenvalue weighted by Crippen LogP contribution is 2.30. The van der Waals surface area contributed by atoms with Crippen LogP contribution in [0.2, 0.25) is 0 Å². The molecule has 0 atom stereocenters. The zero-order chi connectivity index (χ0) is 14.3. The summed E-state index contributed by atoms with van der Waals surface area (Å²) in [5.74, 6) is 0.130. The Morgan fingerprint density at radius 3 is 2.32 bits per heavy atom. The van der Waals surface area contributed by atoms with Crippen LogP contribution in [0.4, 0.5) is 11.4 Å². The van der Waals surface area contributed by atoms with Crippen molar-refractivity contribution in [3.05, 3.63) is 18.2 Å². The number of sulfone groups is 2. The lowest BCUT2D eigenvalue weighted by atomic mass is 10.2. The molecule has 1 aromatic carbocycles. The fourth-order valence-corrected chi connectivity index (χ4v) is 4.12. The number of rotatable bonds is 2. The lowest BCUT2D eigenvalue weighted by molar-refractivity contribution is 0.586. The minimum atomic E-state index is -3.39. The monoisotopic (exact) mass is 304 g/mol. The van der Waals surface area contributed by atoms with E-state index >= 15 is 0 Å². The molecule has 2 N–H and O–H groups in total. The van der Waals surface area contributed by atoms with Gasteiger partial charge in [-0.2, -0.15) is 0 Å². The number of hydrogen-bond acceptors (Lipinski definition) is 6. The van der Waals surface area contributed by atoms with Gasteiger partial charge in [0.25, 0.3) is 0 Å². The summed E-state index contributed by atoms with van der Waals surface area (Å²) in [7, 11) is -6.36. The molecule has 0 saturated carbocycles. The van der Waals surface area contributed by atoms with E-state index in [1.165, 1.54) is 6.07 Å². The maximum atomic E-state index is 11.6. The maximum Gasteiger partial charge on any atom is 0.177 e. The molecule has 1 aliphatic heterocycles. The average Bonchev–Trinajstić information content (AvgIpc) is 2.28. The Kier molecular flexibility index (Phi) is 3.48. The number of nitrogens with zero attached hydrogens (tertiary/aromatic N) is 1. The summed E-state index contributed by atoms with van der Waals surface area (Å²) in [5.41, 5.74) is 6.66. The highest BCUT2D eigenvalue weighted by molar-refractivity contribution is 7.91. The second kappa shape index (κ2) is 4.68. The SMILES string of the molecule is CS(=O)(=O)c1cccc(N2CCS(=O)(=O)CC2)c1N. The minimum Gasteiger partial charge on any atom is -0.396 e. The third kappa shape index (κ3) is 3.01. The van der Waals surface area contributed by atoms with Gasteiger partial charge in [0.2, 0.25) is 0 Å². The molecule has 0 aromatic heterocycles. The van der Waals surface area contributed by atoms with E-state index in [1.807, 2.05) is 4.90 Å². The molecule has 0 spiro atoms. The van der Waals surface area contributed by atoms with Crippen LogP contribution in [0, 0.1) is 0 Å². The van der Waals surface area contributed by atoms with Crippen LogP contribution in [-0.4, -0.2) is 47.7 Å². The summed E-state index contributed by atoms with van der Waals surface area (Å²) in [5, 5.41) is 0. The summed E-state index contributed by atoms with van der Waals surface area (Å²) in [6.07, 6.45) is 1.10. The van der Waals surface area contributed by atoms with E-state index in [-0.39, 0.29) is 22.1 Å². The fraction of sp³-hybridized carbons (Fsp3) is 0.455. The number of para-hydroxylation sites is 1. The Bertz CT molecular complexity index is 681. The average molecular weight is 304 g/mol. The van der Waals surface area contributed by atoms with Gasteiger partial charge in [0.1, 0.15) is 0 Å². The largest absolute Gasteiger partial charge is 0.396 e. The van der Waals surface area contributed by atoms with Crippen molar-refractivity contribution in [2.75, 3.05) is 41.5 Å². The van der Waals surface area contributed by atoms with Crippen LogP contribution in [0.3, 0.4) is 0 Å². The van der Waals surface area contributed by atoms with E-state index in [0.717, 1.165) is 6.26 Å². The van der Waals surface area contributed by atoms with Crippen molar-refractivity contribution in [3.63, 3.8) is 0 Å². The smallest absolute Gasteiger partial charge is 0.177 e. The van der Waals surface area contributed by atoms with Gasteiger partial charge < -0.3 is 10.6 Å². The Balaban J connectivity index is 2.37. The Morgan fingerprint density at radius 1 is 1.21 bits per heavy atom. The van der Waals surface area contributed by atoms with Gasteiger partial charge in [0.15, 0.2) is 19.7 Å². The molecule has 19 heavy (non-hydrogen) atoms. The predicted molar refractivity (Wildman–Crippen MR) is 74.8 cm³/mol. The zero-order valence-corrected chi connectivity index (χ0v) is 12.2. The van der Waals surface area contributed by atoms with Gasteiger partial charge in [-0.1, -0.05) is 6.07 Å². The van der Waals surface area contributed by atoms with Crippen molar-refractivity contribution in [2.24, 2.45) is 0 Å². The van der Waals surface area contributed by atoms with Crippen molar-refractivity contribution in [2.45, 2.75) is 4.90 Å². The first-order valence-electron chi connectivity index (χ1n) is 5.75. The highest BCUT2D eigenvalue weighted by Gasteiger charge is 2.24. The van der Waals surface area contributed by atoms with E-state index in [0.29, 0.717) is 18.8 Å². The lowest BCUT2D eigenvalue weighted by Crippen LogP contribution is -2.40. The Morgan fingerprint density at radius 2 is 1.79 bits per heavy atom. The van der Waals surface area contributed by atoms with Gasteiger partial charge in [0, 0.05) is 19.3 Å². The van der Waals surface area contributed by atoms with Crippen molar-refractivity contribution in [1.82, 2.24) is 0 Å². The van der Waals surface area contributed by atoms with Crippen LogP contribution in [0.1, 0.15) is 0 Å². The minimum absolute atomic E-state index is 0.0650. The third-order valence-electron chi connectivity index (χ3n) is 3.13. The molecule has 0 aliphatic carbocycles.